The van der Waals surface area contributed by atoms with Crippen LogP contribution in [0.15, 0.2) is 55.0 Å². The third-order valence-corrected chi connectivity index (χ3v) is 7.22. The second-order valence-electron chi connectivity index (χ2n) is 9.61. The number of fused-ring (bicyclic) bond motifs is 1. The second-order valence-corrected chi connectivity index (χ2v) is 10.0. The van der Waals surface area contributed by atoms with Crippen LogP contribution in [0.1, 0.15) is 48.2 Å². The van der Waals surface area contributed by atoms with Crippen molar-refractivity contribution in [3.05, 3.63) is 71.3 Å². The molecular weight excluding hydrogens is 506 g/mol. The standard InChI is InChI=1S/C28H28ClN5O4/c1-38-25-12-18(8-9-30-25)19-4-7-23(31-14-19)16-34-27-20(15-32-34)11-21(29)13-24(27)28(37)33-22-5-2-17(3-6-22)10-26(35)36/h4,7-9,11-15,17,22H,2-3,5-6,10,16H2,1H3,(H,33,37)(H,35,36). The van der Waals surface area contributed by atoms with Crippen molar-refractivity contribution in [3.8, 4) is 17.0 Å². The Morgan fingerprint density at radius 1 is 1.08 bits per heavy atom. The summed E-state index contributed by atoms with van der Waals surface area (Å²) in [5.41, 5.74) is 3.82. The van der Waals surface area contributed by atoms with Crippen molar-refractivity contribution in [1.82, 2.24) is 25.1 Å². The number of nitrogens with one attached hydrogen (secondary N) is 1. The number of ether oxygens (including phenoxy) is 1. The molecule has 0 radical (unpaired) electrons. The van der Waals surface area contributed by atoms with Gasteiger partial charge in [-0.1, -0.05) is 17.7 Å². The van der Waals surface area contributed by atoms with Crippen LogP contribution in [0.2, 0.25) is 5.02 Å². The molecule has 10 heteroatoms. The minimum Gasteiger partial charge on any atom is -0.481 e. The number of aliphatic carboxylic acids is 1. The number of carbonyl (C=O) groups excluding carboxylic acids is 1. The fourth-order valence-corrected chi connectivity index (χ4v) is 5.28. The number of carboxylic acid groups (broad SMARTS) is 1. The van der Waals surface area contributed by atoms with Crippen molar-refractivity contribution in [2.24, 2.45) is 5.92 Å². The quantitative estimate of drug-likeness (QED) is 0.328. The number of methoxy groups -OCH3 is 1. The summed E-state index contributed by atoms with van der Waals surface area (Å²) in [6.45, 7) is 0.381. The van der Waals surface area contributed by atoms with Crippen LogP contribution >= 0.6 is 11.6 Å². The zero-order chi connectivity index (χ0) is 26.6. The van der Waals surface area contributed by atoms with E-state index >= 15 is 0 Å². The lowest BCUT2D eigenvalue weighted by atomic mass is 9.84. The third kappa shape index (κ3) is 5.78. The topological polar surface area (TPSA) is 119 Å². The molecule has 1 aliphatic rings. The Labute approximate surface area is 224 Å². The van der Waals surface area contributed by atoms with Gasteiger partial charge in [-0.2, -0.15) is 5.10 Å². The Balaban J connectivity index is 1.33. The maximum Gasteiger partial charge on any atom is 0.303 e. The summed E-state index contributed by atoms with van der Waals surface area (Å²) in [4.78, 5) is 33.1. The van der Waals surface area contributed by atoms with Crippen LogP contribution < -0.4 is 10.1 Å². The van der Waals surface area contributed by atoms with E-state index in [0.29, 0.717) is 28.5 Å². The van der Waals surface area contributed by atoms with Crippen LogP contribution in [-0.2, 0) is 11.3 Å². The fourth-order valence-electron chi connectivity index (χ4n) is 5.05. The van der Waals surface area contributed by atoms with Gasteiger partial charge in [-0.25, -0.2) is 4.98 Å². The molecule has 1 saturated carbocycles. The number of carboxylic acids is 1. The summed E-state index contributed by atoms with van der Waals surface area (Å²) in [7, 11) is 1.58. The van der Waals surface area contributed by atoms with Crippen molar-refractivity contribution in [1.29, 1.82) is 0 Å². The smallest absolute Gasteiger partial charge is 0.303 e. The summed E-state index contributed by atoms with van der Waals surface area (Å²) < 4.78 is 6.98. The average Bonchev–Trinajstić information content (AvgIpc) is 3.31. The van der Waals surface area contributed by atoms with Gasteiger partial charge in [0.2, 0.25) is 5.88 Å². The van der Waals surface area contributed by atoms with E-state index in [1.807, 2.05) is 24.3 Å². The highest BCUT2D eigenvalue weighted by molar-refractivity contribution is 6.32. The number of hydrogen-bond donors (Lipinski definition) is 2. The van der Waals surface area contributed by atoms with E-state index in [-0.39, 0.29) is 24.3 Å². The van der Waals surface area contributed by atoms with Crippen molar-refractivity contribution in [2.75, 3.05) is 7.11 Å². The molecule has 1 aromatic carbocycles. The molecule has 0 atom stereocenters. The van der Waals surface area contributed by atoms with Gasteiger partial charge in [-0.05, 0) is 61.4 Å². The van der Waals surface area contributed by atoms with Crippen molar-refractivity contribution in [2.45, 2.75) is 44.7 Å². The first-order valence-corrected chi connectivity index (χ1v) is 12.9. The first-order chi connectivity index (χ1) is 18.4. The number of amides is 1. The van der Waals surface area contributed by atoms with Gasteiger partial charge in [0.1, 0.15) is 0 Å². The summed E-state index contributed by atoms with van der Waals surface area (Å²) >= 11 is 6.35. The number of benzene rings is 1. The van der Waals surface area contributed by atoms with Crippen LogP contribution in [0.25, 0.3) is 22.0 Å². The van der Waals surface area contributed by atoms with Gasteiger partial charge in [0.15, 0.2) is 0 Å². The minimum absolute atomic E-state index is 0.000954. The summed E-state index contributed by atoms with van der Waals surface area (Å²) in [5.74, 6) is -0.281. The highest BCUT2D eigenvalue weighted by atomic mass is 35.5. The lowest BCUT2D eigenvalue weighted by Gasteiger charge is -2.28. The Hall–Kier alpha value is -3.98. The van der Waals surface area contributed by atoms with E-state index in [4.69, 9.17) is 21.4 Å². The van der Waals surface area contributed by atoms with Crippen molar-refractivity contribution in [3.63, 3.8) is 0 Å². The van der Waals surface area contributed by atoms with Gasteiger partial charge >= 0.3 is 5.97 Å². The molecule has 4 aromatic rings. The molecule has 5 rings (SSSR count). The number of aromatic nitrogens is 4. The maximum atomic E-state index is 13.4. The molecule has 9 nitrogen and oxygen atoms in total. The van der Waals surface area contributed by atoms with Crippen LogP contribution in [0.3, 0.4) is 0 Å². The molecule has 196 valence electrons. The van der Waals surface area contributed by atoms with Crippen LogP contribution in [0.5, 0.6) is 5.88 Å². The van der Waals surface area contributed by atoms with Gasteiger partial charge in [-0.15, -0.1) is 0 Å². The normalized spacial score (nSPS) is 17.3. The first kappa shape index (κ1) is 25.7. The molecule has 1 amide bonds. The monoisotopic (exact) mass is 533 g/mol. The second kappa shape index (κ2) is 11.2. The Morgan fingerprint density at radius 3 is 2.61 bits per heavy atom. The molecule has 1 fully saturated rings. The molecule has 3 heterocycles. The molecule has 1 aliphatic carbocycles. The minimum atomic E-state index is -0.770. The van der Waals surface area contributed by atoms with Gasteiger partial charge in [0, 0.05) is 46.9 Å². The molecule has 0 spiro atoms. The number of hydrogen-bond acceptors (Lipinski definition) is 6. The van der Waals surface area contributed by atoms with E-state index in [2.05, 4.69) is 20.4 Å². The SMILES string of the molecule is COc1cc(-c2ccc(Cn3ncc4cc(Cl)cc(C(=O)NC5CCC(CC(=O)O)CC5)c43)nc2)ccn1. The number of halogens is 1. The number of pyridine rings is 2. The number of nitrogens with zero attached hydrogens (tertiary/aromatic N) is 4. The van der Waals surface area contributed by atoms with E-state index in [9.17, 15) is 9.59 Å². The first-order valence-electron chi connectivity index (χ1n) is 12.5. The van der Waals surface area contributed by atoms with Gasteiger partial charge in [-0.3, -0.25) is 19.3 Å². The van der Waals surface area contributed by atoms with Crippen molar-refractivity contribution >= 4 is 34.4 Å². The molecule has 0 saturated heterocycles. The predicted octanol–water partition coefficient (Wildman–Crippen LogP) is 4.97. The summed E-state index contributed by atoms with van der Waals surface area (Å²) in [5, 5.41) is 17.9. The van der Waals surface area contributed by atoms with E-state index in [1.54, 1.807) is 42.5 Å². The molecule has 2 N–H and O–H groups in total. The zero-order valence-corrected chi connectivity index (χ0v) is 21.7. The van der Waals surface area contributed by atoms with Gasteiger partial charge < -0.3 is 15.2 Å². The average molecular weight is 534 g/mol. The molecule has 0 bridgehead atoms. The van der Waals surface area contributed by atoms with Gasteiger partial charge in [0.05, 0.1) is 36.6 Å². The summed E-state index contributed by atoms with van der Waals surface area (Å²) in [6, 6.07) is 11.1. The van der Waals surface area contributed by atoms with E-state index in [1.165, 1.54) is 0 Å². The largest absolute Gasteiger partial charge is 0.481 e. The number of carbonyl (C=O) groups is 2. The Kier molecular flexibility index (Phi) is 7.55. The fraction of sp³-hybridized carbons (Fsp3) is 0.321. The highest BCUT2D eigenvalue weighted by Crippen LogP contribution is 2.29. The maximum absolute atomic E-state index is 13.4. The summed E-state index contributed by atoms with van der Waals surface area (Å²) in [6.07, 6.45) is 8.45. The lowest BCUT2D eigenvalue weighted by molar-refractivity contribution is -0.138. The van der Waals surface area contributed by atoms with Crippen LogP contribution in [-0.4, -0.2) is 49.9 Å². The molecule has 38 heavy (non-hydrogen) atoms. The Bertz CT molecular complexity index is 1460. The molecule has 3 aromatic heterocycles. The predicted molar refractivity (Wildman–Crippen MR) is 143 cm³/mol. The van der Waals surface area contributed by atoms with Crippen LogP contribution in [0.4, 0.5) is 0 Å². The van der Waals surface area contributed by atoms with Crippen molar-refractivity contribution < 1.29 is 19.4 Å². The van der Waals surface area contributed by atoms with E-state index < -0.39 is 5.97 Å². The third-order valence-electron chi connectivity index (χ3n) is 7.00. The lowest BCUT2D eigenvalue weighted by Crippen LogP contribution is -2.38. The van der Waals surface area contributed by atoms with Gasteiger partial charge in [0.25, 0.3) is 5.91 Å². The molecule has 0 aliphatic heterocycles. The highest BCUT2D eigenvalue weighted by Gasteiger charge is 2.25. The zero-order valence-electron chi connectivity index (χ0n) is 20.9. The Morgan fingerprint density at radius 2 is 1.89 bits per heavy atom. The number of rotatable bonds is 8. The van der Waals surface area contributed by atoms with E-state index in [0.717, 1.165) is 47.9 Å². The van der Waals surface area contributed by atoms with Crippen LogP contribution in [0, 0.1) is 5.92 Å². The molecule has 0 unspecified atom stereocenters. The molecular formula is C28H28ClN5O4.